The van der Waals surface area contributed by atoms with E-state index in [0.717, 1.165) is 0 Å². The summed E-state index contributed by atoms with van der Waals surface area (Å²) in [6, 6.07) is 0. The van der Waals surface area contributed by atoms with Crippen LogP contribution in [0.2, 0.25) is 5.82 Å². The van der Waals surface area contributed by atoms with Crippen molar-refractivity contribution in [1.82, 2.24) is 0 Å². The Morgan fingerprint density at radius 2 is 1.50 bits per heavy atom. The number of hydrogen-bond acceptors (Lipinski definition) is 2. The van der Waals surface area contributed by atoms with Crippen LogP contribution in [0.5, 0.6) is 0 Å². The van der Waals surface area contributed by atoms with Crippen molar-refractivity contribution in [2.75, 3.05) is 0 Å². The zero-order valence-corrected chi connectivity index (χ0v) is 7.13. The second-order valence-electron chi connectivity index (χ2n) is 3.29. The van der Waals surface area contributed by atoms with Crippen LogP contribution in [-0.2, 0) is 9.31 Å². The molecule has 2 unspecified atom stereocenters. The molecule has 10 heavy (non-hydrogen) atoms. The molecule has 0 bridgehead atoms. The van der Waals surface area contributed by atoms with Gasteiger partial charge in [0.2, 0.25) is 0 Å². The zero-order chi connectivity index (χ0) is 7.72. The van der Waals surface area contributed by atoms with Gasteiger partial charge in [-0.3, -0.25) is 0 Å². The van der Waals surface area contributed by atoms with Crippen LogP contribution in [0.3, 0.4) is 0 Å². The van der Waals surface area contributed by atoms with Gasteiger partial charge >= 0.3 is 7.12 Å². The predicted molar refractivity (Wildman–Crippen MR) is 41.9 cm³/mol. The lowest BCUT2D eigenvalue weighted by Gasteiger charge is -2.06. The number of rotatable bonds is 1. The summed E-state index contributed by atoms with van der Waals surface area (Å²) in [4.78, 5) is 0. The lowest BCUT2D eigenvalue weighted by molar-refractivity contribution is 0.187. The Labute approximate surface area is 63.0 Å². The van der Waals surface area contributed by atoms with Gasteiger partial charge in [-0.1, -0.05) is 13.8 Å². The van der Waals surface area contributed by atoms with Crippen molar-refractivity contribution >= 4 is 7.12 Å². The van der Waals surface area contributed by atoms with Gasteiger partial charge in [0, 0.05) is 0 Å². The van der Waals surface area contributed by atoms with E-state index in [4.69, 9.17) is 9.31 Å². The summed E-state index contributed by atoms with van der Waals surface area (Å²) in [5.41, 5.74) is 0. The highest BCUT2D eigenvalue weighted by Crippen LogP contribution is 2.22. The fourth-order valence-electron chi connectivity index (χ4n) is 0.991. The van der Waals surface area contributed by atoms with Gasteiger partial charge in [0.25, 0.3) is 0 Å². The normalized spacial score (nSPS) is 33.9. The third kappa shape index (κ3) is 1.52. The van der Waals surface area contributed by atoms with Crippen molar-refractivity contribution in [2.45, 2.75) is 45.7 Å². The average Bonchev–Trinajstić information content (AvgIpc) is 2.13. The topological polar surface area (TPSA) is 18.5 Å². The van der Waals surface area contributed by atoms with Crippen LogP contribution < -0.4 is 0 Å². The predicted octanol–water partition coefficient (Wildman–Crippen LogP) is 1.71. The van der Waals surface area contributed by atoms with Crippen LogP contribution in [0, 0.1) is 0 Å². The van der Waals surface area contributed by atoms with Crippen molar-refractivity contribution in [3.05, 3.63) is 0 Å². The summed E-state index contributed by atoms with van der Waals surface area (Å²) in [7, 11) is 0.0185. The molecule has 2 nitrogen and oxygen atoms in total. The van der Waals surface area contributed by atoms with Crippen molar-refractivity contribution in [3.63, 3.8) is 0 Å². The highest BCUT2D eigenvalue weighted by molar-refractivity contribution is 6.46. The molecule has 1 heterocycles. The first kappa shape index (κ1) is 8.09. The van der Waals surface area contributed by atoms with Crippen LogP contribution in [0.4, 0.5) is 0 Å². The molecule has 2 atom stereocenters. The van der Waals surface area contributed by atoms with E-state index >= 15 is 0 Å². The van der Waals surface area contributed by atoms with E-state index in [9.17, 15) is 0 Å². The Bertz CT molecular complexity index is 106. The fraction of sp³-hybridized carbons (Fsp3) is 1.00. The molecule has 0 aliphatic carbocycles. The van der Waals surface area contributed by atoms with Crippen molar-refractivity contribution in [2.24, 2.45) is 0 Å². The van der Waals surface area contributed by atoms with Crippen LogP contribution in [0.1, 0.15) is 27.7 Å². The first-order valence-corrected chi connectivity index (χ1v) is 3.92. The molecule has 0 aromatic carbocycles. The molecular weight excluding hydrogens is 127 g/mol. The lowest BCUT2D eigenvalue weighted by atomic mass is 9.75. The quantitative estimate of drug-likeness (QED) is 0.518. The SMILES string of the molecule is CC(C)B1OC(C)C(C)O1. The molecule has 0 amide bonds. The van der Waals surface area contributed by atoms with E-state index < -0.39 is 0 Å². The van der Waals surface area contributed by atoms with Gasteiger partial charge in [-0.05, 0) is 19.7 Å². The maximum absolute atomic E-state index is 5.51. The molecule has 0 saturated carbocycles. The first-order valence-electron chi connectivity index (χ1n) is 3.92. The smallest absolute Gasteiger partial charge is 0.406 e. The molecule has 0 aromatic rings. The molecule has 0 N–H and O–H groups in total. The maximum atomic E-state index is 5.51. The zero-order valence-electron chi connectivity index (χ0n) is 7.13. The summed E-state index contributed by atoms with van der Waals surface area (Å²) in [6.45, 7) is 8.31. The van der Waals surface area contributed by atoms with Crippen molar-refractivity contribution in [3.8, 4) is 0 Å². The standard InChI is InChI=1S/C7H15BO2/c1-5(2)8-9-6(3)7(4)10-8/h5-7H,1-4H3. The van der Waals surface area contributed by atoms with Gasteiger partial charge in [-0.2, -0.15) is 0 Å². The van der Waals surface area contributed by atoms with Gasteiger partial charge < -0.3 is 9.31 Å². The first-order chi connectivity index (χ1) is 4.61. The van der Waals surface area contributed by atoms with Gasteiger partial charge in [0.05, 0.1) is 12.2 Å². The second kappa shape index (κ2) is 2.93. The van der Waals surface area contributed by atoms with Crippen LogP contribution in [0.25, 0.3) is 0 Å². The highest BCUT2D eigenvalue weighted by Gasteiger charge is 2.36. The third-order valence-electron chi connectivity index (χ3n) is 1.90. The van der Waals surface area contributed by atoms with Gasteiger partial charge in [-0.15, -0.1) is 0 Å². The van der Waals surface area contributed by atoms with E-state index in [-0.39, 0.29) is 19.3 Å². The summed E-state index contributed by atoms with van der Waals surface area (Å²) >= 11 is 0. The Morgan fingerprint density at radius 3 is 1.70 bits per heavy atom. The molecule has 1 aliphatic rings. The van der Waals surface area contributed by atoms with Crippen LogP contribution in [0.15, 0.2) is 0 Å². The minimum atomic E-state index is 0.0185. The Hall–Kier alpha value is -0.0151. The highest BCUT2D eigenvalue weighted by atomic mass is 16.7. The Kier molecular flexibility index (Phi) is 2.37. The third-order valence-corrected chi connectivity index (χ3v) is 1.90. The van der Waals surface area contributed by atoms with Crippen molar-refractivity contribution < 1.29 is 9.31 Å². The van der Waals surface area contributed by atoms with E-state index in [1.165, 1.54) is 0 Å². The molecule has 0 radical (unpaired) electrons. The van der Waals surface area contributed by atoms with Gasteiger partial charge in [-0.25, -0.2) is 0 Å². The molecule has 1 fully saturated rings. The molecule has 58 valence electrons. The largest absolute Gasteiger partial charge is 0.460 e. The van der Waals surface area contributed by atoms with Crippen LogP contribution >= 0.6 is 0 Å². The van der Waals surface area contributed by atoms with E-state index in [0.29, 0.717) is 5.82 Å². The monoisotopic (exact) mass is 142 g/mol. The minimum absolute atomic E-state index is 0.0185. The number of hydrogen-bond donors (Lipinski definition) is 0. The van der Waals surface area contributed by atoms with Crippen molar-refractivity contribution in [1.29, 1.82) is 0 Å². The molecular formula is C7H15BO2. The van der Waals surface area contributed by atoms with Gasteiger partial charge in [0.15, 0.2) is 0 Å². The van der Waals surface area contributed by atoms with Gasteiger partial charge in [0.1, 0.15) is 0 Å². The lowest BCUT2D eigenvalue weighted by Crippen LogP contribution is -2.19. The molecule has 1 saturated heterocycles. The van der Waals surface area contributed by atoms with Crippen LogP contribution in [-0.4, -0.2) is 19.3 Å². The Morgan fingerprint density at radius 1 is 1.10 bits per heavy atom. The fourth-order valence-corrected chi connectivity index (χ4v) is 0.991. The van der Waals surface area contributed by atoms with E-state index in [1.54, 1.807) is 0 Å². The van der Waals surface area contributed by atoms with E-state index in [1.807, 2.05) is 13.8 Å². The molecule has 3 heteroatoms. The molecule has 0 spiro atoms. The Balaban J connectivity index is 2.41. The summed E-state index contributed by atoms with van der Waals surface area (Å²) in [5.74, 6) is 0.465. The second-order valence-corrected chi connectivity index (χ2v) is 3.29. The molecule has 0 aromatic heterocycles. The van der Waals surface area contributed by atoms with E-state index in [2.05, 4.69) is 13.8 Å². The molecule has 1 rings (SSSR count). The average molecular weight is 142 g/mol. The minimum Gasteiger partial charge on any atom is -0.406 e. The molecule has 1 aliphatic heterocycles. The summed E-state index contributed by atoms with van der Waals surface area (Å²) in [6.07, 6.45) is 0.514. The summed E-state index contributed by atoms with van der Waals surface area (Å²) in [5, 5.41) is 0. The maximum Gasteiger partial charge on any atom is 0.460 e. The summed E-state index contributed by atoms with van der Waals surface area (Å²) < 4.78 is 11.0.